The Bertz CT molecular complexity index is 1180. The van der Waals surface area contributed by atoms with E-state index in [1.54, 1.807) is 31.4 Å². The molecule has 0 spiro atoms. The highest BCUT2D eigenvalue weighted by atomic mass is 32.2. The van der Waals surface area contributed by atoms with E-state index in [2.05, 4.69) is 9.97 Å². The Morgan fingerprint density at radius 1 is 1.34 bits per heavy atom. The molecule has 10 heteroatoms. The van der Waals surface area contributed by atoms with Gasteiger partial charge in [-0.1, -0.05) is 17.8 Å². The normalized spacial score (nSPS) is 12.3. The maximum Gasteiger partial charge on any atom is 0.347 e. The van der Waals surface area contributed by atoms with Crippen molar-refractivity contribution in [3.05, 3.63) is 45.9 Å². The fraction of sp³-hybridized carbons (Fsp3) is 0.263. The average molecular weight is 415 g/mol. The van der Waals surface area contributed by atoms with E-state index in [1.165, 1.54) is 22.5 Å². The highest BCUT2D eigenvalue weighted by molar-refractivity contribution is 7.98. The predicted molar refractivity (Wildman–Crippen MR) is 105 cm³/mol. The van der Waals surface area contributed by atoms with Gasteiger partial charge in [0.05, 0.1) is 18.5 Å². The number of carbonyl (C=O) groups excluding carboxylic acids is 1. The van der Waals surface area contributed by atoms with Gasteiger partial charge >= 0.3 is 5.97 Å². The van der Waals surface area contributed by atoms with Crippen molar-refractivity contribution in [2.75, 3.05) is 19.7 Å². The molecule has 1 aromatic carbocycles. The number of hydrogen-bond donors (Lipinski definition) is 1. The van der Waals surface area contributed by atoms with Crippen LogP contribution in [-0.4, -0.2) is 45.3 Å². The number of aromatic nitrogens is 3. The van der Waals surface area contributed by atoms with Crippen molar-refractivity contribution in [3.63, 3.8) is 0 Å². The molecular formula is C19H17N3O6S. The minimum Gasteiger partial charge on any atom is -0.506 e. The quantitative estimate of drug-likeness (QED) is 0.380. The number of aromatic hydroxyl groups is 1. The van der Waals surface area contributed by atoms with E-state index >= 15 is 0 Å². The van der Waals surface area contributed by atoms with Crippen LogP contribution in [0.4, 0.5) is 0 Å². The molecule has 0 unspecified atom stereocenters. The number of esters is 1. The fourth-order valence-corrected chi connectivity index (χ4v) is 3.39. The summed E-state index contributed by atoms with van der Waals surface area (Å²) in [6.07, 6.45) is 3.19. The molecule has 0 radical (unpaired) electrons. The zero-order valence-electron chi connectivity index (χ0n) is 15.7. The summed E-state index contributed by atoms with van der Waals surface area (Å²) in [6.45, 7) is 1.93. The summed E-state index contributed by atoms with van der Waals surface area (Å²) in [5.74, 6) is -0.192. The standard InChI is InChI=1S/C19H17N3O6S/c1-3-26-18(25)14-15(23)11-7-20-19(29-2)21-16(11)22(17(14)24)8-10-4-5-12-13(6-10)28-9-27-12/h4-7,23H,3,8-9H2,1-2H3. The summed E-state index contributed by atoms with van der Waals surface area (Å²) in [4.78, 5) is 34.0. The molecule has 0 amide bonds. The van der Waals surface area contributed by atoms with Gasteiger partial charge in [0.2, 0.25) is 6.79 Å². The lowest BCUT2D eigenvalue weighted by Crippen LogP contribution is -2.29. The Hall–Kier alpha value is -3.27. The van der Waals surface area contributed by atoms with Crippen LogP contribution in [0, 0.1) is 0 Å². The third-order valence-electron chi connectivity index (χ3n) is 4.39. The van der Waals surface area contributed by atoms with E-state index in [4.69, 9.17) is 14.2 Å². The lowest BCUT2D eigenvalue weighted by Gasteiger charge is -2.14. The molecule has 3 heterocycles. The van der Waals surface area contributed by atoms with E-state index in [1.807, 2.05) is 0 Å². The van der Waals surface area contributed by atoms with Gasteiger partial charge in [-0.25, -0.2) is 14.8 Å². The third-order valence-corrected chi connectivity index (χ3v) is 4.95. The molecule has 1 aliphatic rings. The number of benzene rings is 1. The molecule has 0 fully saturated rings. The molecule has 0 atom stereocenters. The summed E-state index contributed by atoms with van der Waals surface area (Å²) in [6, 6.07) is 5.30. The Morgan fingerprint density at radius 2 is 2.14 bits per heavy atom. The summed E-state index contributed by atoms with van der Waals surface area (Å²) < 4.78 is 17.0. The first-order valence-corrected chi connectivity index (χ1v) is 9.98. The molecule has 1 aliphatic heterocycles. The summed E-state index contributed by atoms with van der Waals surface area (Å²) in [7, 11) is 0. The van der Waals surface area contributed by atoms with Crippen LogP contribution in [0.1, 0.15) is 22.8 Å². The lowest BCUT2D eigenvalue weighted by atomic mass is 10.1. The van der Waals surface area contributed by atoms with E-state index < -0.39 is 22.8 Å². The van der Waals surface area contributed by atoms with E-state index in [0.29, 0.717) is 16.7 Å². The Kier molecular flexibility index (Phi) is 5.01. The first-order chi connectivity index (χ1) is 14.0. The Labute approximate surface area is 169 Å². The number of ether oxygens (including phenoxy) is 3. The fourth-order valence-electron chi connectivity index (χ4n) is 3.05. The Morgan fingerprint density at radius 3 is 2.90 bits per heavy atom. The van der Waals surface area contributed by atoms with Crippen molar-refractivity contribution >= 4 is 28.8 Å². The first-order valence-electron chi connectivity index (χ1n) is 8.75. The molecule has 3 aromatic rings. The van der Waals surface area contributed by atoms with Crippen molar-refractivity contribution in [3.8, 4) is 17.2 Å². The highest BCUT2D eigenvalue weighted by Crippen LogP contribution is 2.33. The van der Waals surface area contributed by atoms with Crippen LogP contribution in [0.2, 0.25) is 0 Å². The molecule has 0 aliphatic carbocycles. The maximum atomic E-state index is 13.1. The van der Waals surface area contributed by atoms with Crippen LogP contribution in [0.5, 0.6) is 17.2 Å². The number of hydrogen-bond acceptors (Lipinski definition) is 9. The van der Waals surface area contributed by atoms with Crippen molar-refractivity contribution in [1.82, 2.24) is 14.5 Å². The molecule has 4 rings (SSSR count). The molecule has 0 saturated carbocycles. The second-order valence-electron chi connectivity index (χ2n) is 6.12. The molecule has 1 N–H and O–H groups in total. The van der Waals surface area contributed by atoms with Gasteiger partial charge in [0.15, 0.2) is 27.9 Å². The van der Waals surface area contributed by atoms with E-state index in [-0.39, 0.29) is 31.0 Å². The van der Waals surface area contributed by atoms with Crippen molar-refractivity contribution in [1.29, 1.82) is 0 Å². The second kappa shape index (κ2) is 7.63. The van der Waals surface area contributed by atoms with Gasteiger partial charge in [-0.2, -0.15) is 0 Å². The number of pyridine rings is 1. The van der Waals surface area contributed by atoms with Gasteiger partial charge in [0.25, 0.3) is 5.56 Å². The largest absolute Gasteiger partial charge is 0.506 e. The summed E-state index contributed by atoms with van der Waals surface area (Å²) in [5.41, 5.74) is -0.183. The number of nitrogens with zero attached hydrogens (tertiary/aromatic N) is 3. The molecule has 2 aromatic heterocycles. The molecule has 0 saturated heterocycles. The van der Waals surface area contributed by atoms with Crippen molar-refractivity contribution in [2.45, 2.75) is 18.6 Å². The van der Waals surface area contributed by atoms with Gasteiger partial charge in [-0.05, 0) is 30.9 Å². The second-order valence-corrected chi connectivity index (χ2v) is 6.89. The molecule has 9 nitrogen and oxygen atoms in total. The van der Waals surface area contributed by atoms with Crippen LogP contribution in [-0.2, 0) is 11.3 Å². The molecular weight excluding hydrogens is 398 g/mol. The predicted octanol–water partition coefficient (Wildman–Crippen LogP) is 2.17. The Balaban J connectivity index is 1.92. The molecule has 0 bridgehead atoms. The van der Waals surface area contributed by atoms with Crippen molar-refractivity contribution in [2.24, 2.45) is 0 Å². The maximum absolute atomic E-state index is 13.1. The third kappa shape index (κ3) is 3.35. The highest BCUT2D eigenvalue weighted by Gasteiger charge is 2.25. The van der Waals surface area contributed by atoms with Gasteiger partial charge in [-0.3, -0.25) is 9.36 Å². The molecule has 29 heavy (non-hydrogen) atoms. The van der Waals surface area contributed by atoms with Gasteiger partial charge in [-0.15, -0.1) is 0 Å². The summed E-state index contributed by atoms with van der Waals surface area (Å²) >= 11 is 1.30. The lowest BCUT2D eigenvalue weighted by molar-refractivity contribution is 0.0520. The van der Waals surface area contributed by atoms with Crippen LogP contribution in [0.15, 0.2) is 34.3 Å². The minimum absolute atomic E-state index is 0.0693. The minimum atomic E-state index is -0.898. The van der Waals surface area contributed by atoms with Crippen LogP contribution < -0.4 is 15.0 Å². The monoisotopic (exact) mass is 415 g/mol. The van der Waals surface area contributed by atoms with Gasteiger partial charge in [0.1, 0.15) is 5.75 Å². The average Bonchev–Trinajstić information content (AvgIpc) is 3.19. The number of thioether (sulfide) groups is 1. The van der Waals surface area contributed by atoms with E-state index in [0.717, 1.165) is 5.56 Å². The first kappa shape index (κ1) is 19.1. The van der Waals surface area contributed by atoms with Gasteiger partial charge in [0, 0.05) is 6.20 Å². The number of fused-ring (bicyclic) bond motifs is 2. The summed E-state index contributed by atoms with van der Waals surface area (Å²) in [5, 5.41) is 11.2. The zero-order valence-corrected chi connectivity index (χ0v) is 16.5. The number of rotatable bonds is 5. The number of carbonyl (C=O) groups is 1. The van der Waals surface area contributed by atoms with Crippen molar-refractivity contribution < 1.29 is 24.1 Å². The van der Waals surface area contributed by atoms with Crippen LogP contribution in [0.25, 0.3) is 11.0 Å². The van der Waals surface area contributed by atoms with Gasteiger partial charge < -0.3 is 19.3 Å². The van der Waals surface area contributed by atoms with Crippen LogP contribution >= 0.6 is 11.8 Å². The zero-order chi connectivity index (χ0) is 20.5. The SMILES string of the molecule is CCOC(=O)c1c(O)c2cnc(SC)nc2n(Cc2ccc3c(c2)OCO3)c1=O. The topological polar surface area (TPSA) is 113 Å². The smallest absolute Gasteiger partial charge is 0.347 e. The van der Waals surface area contributed by atoms with Crippen LogP contribution in [0.3, 0.4) is 0 Å². The van der Waals surface area contributed by atoms with E-state index in [9.17, 15) is 14.7 Å². The molecule has 150 valence electrons.